The lowest BCUT2D eigenvalue weighted by molar-refractivity contribution is -0.121. The van der Waals surface area contributed by atoms with E-state index in [1.54, 1.807) is 24.3 Å². The molecule has 1 saturated heterocycles. The number of benzene rings is 3. The van der Waals surface area contributed by atoms with Crippen molar-refractivity contribution in [2.45, 2.75) is 23.7 Å². The van der Waals surface area contributed by atoms with E-state index >= 15 is 0 Å². The van der Waals surface area contributed by atoms with Crippen molar-refractivity contribution in [3.05, 3.63) is 99.5 Å². The molecule has 3 aromatic rings. The van der Waals surface area contributed by atoms with Gasteiger partial charge in [0.2, 0.25) is 5.91 Å². The molecule has 0 radical (unpaired) electrons. The number of halogens is 2. The molecule has 3 N–H and O–H groups in total. The molecule has 0 bridgehead atoms. The van der Waals surface area contributed by atoms with Crippen molar-refractivity contribution in [1.29, 1.82) is 0 Å². The van der Waals surface area contributed by atoms with Crippen molar-refractivity contribution >= 4 is 41.1 Å². The van der Waals surface area contributed by atoms with Crippen molar-refractivity contribution in [2.75, 3.05) is 12.3 Å². The molecule has 0 aliphatic carbocycles. The summed E-state index contributed by atoms with van der Waals surface area (Å²) in [7, 11) is 0. The number of nitrogens with one attached hydrogen (secondary N) is 1. The summed E-state index contributed by atoms with van der Waals surface area (Å²) in [4.78, 5) is 25.9. The molecule has 3 aromatic carbocycles. The highest BCUT2D eigenvalue weighted by Gasteiger charge is 2.51. The van der Waals surface area contributed by atoms with Gasteiger partial charge >= 0.3 is 0 Å². The van der Waals surface area contributed by atoms with Crippen molar-refractivity contribution in [2.24, 2.45) is 0 Å². The average Bonchev–Trinajstić information content (AvgIpc) is 2.91. The Kier molecular flexibility index (Phi) is 6.03. The number of nitrogen functional groups attached to an aromatic ring is 1. The second-order valence-electron chi connectivity index (χ2n) is 7.86. The van der Waals surface area contributed by atoms with Crippen LogP contribution in [0.2, 0.25) is 10.0 Å². The lowest BCUT2D eigenvalue weighted by Crippen LogP contribution is -2.43. The monoisotopic (exact) mass is 452 g/mol. The highest BCUT2D eigenvalue weighted by molar-refractivity contribution is 6.31. The minimum absolute atomic E-state index is 0.114. The molecule has 1 aliphatic heterocycles. The molecule has 1 heterocycles. The van der Waals surface area contributed by atoms with Gasteiger partial charge in [-0.3, -0.25) is 4.79 Å². The van der Waals surface area contributed by atoms with Crippen LogP contribution in [0.25, 0.3) is 0 Å². The van der Waals surface area contributed by atoms with E-state index in [9.17, 15) is 9.59 Å². The summed E-state index contributed by atoms with van der Waals surface area (Å²) in [6.07, 6.45) is 1.11. The highest BCUT2D eigenvalue weighted by atomic mass is 35.5. The molecular weight excluding hydrogens is 431 g/mol. The molecule has 0 unspecified atom stereocenters. The van der Waals surface area contributed by atoms with E-state index in [-0.39, 0.29) is 24.8 Å². The van der Waals surface area contributed by atoms with Crippen LogP contribution in [0.1, 0.15) is 34.9 Å². The first-order valence-corrected chi connectivity index (χ1v) is 10.8. The SMILES string of the molecule is Nc1cc(Cl)ccc1[C@@]1(C=O)[C@@H](c2cccc(Cl)c2)CNC(=O)C[C@H]1c1ccccc1. The number of anilines is 1. The molecule has 1 amide bonds. The van der Waals surface area contributed by atoms with Crippen molar-refractivity contribution in [1.82, 2.24) is 5.32 Å². The Morgan fingerprint density at radius 3 is 2.29 bits per heavy atom. The molecule has 0 aromatic heterocycles. The summed E-state index contributed by atoms with van der Waals surface area (Å²) in [5.74, 6) is -0.929. The summed E-state index contributed by atoms with van der Waals surface area (Å²) >= 11 is 12.5. The first-order chi connectivity index (χ1) is 15.0. The smallest absolute Gasteiger partial charge is 0.220 e. The third-order valence-corrected chi connectivity index (χ3v) is 6.64. The number of amides is 1. The molecule has 0 saturated carbocycles. The minimum Gasteiger partial charge on any atom is -0.398 e. The van der Waals surface area contributed by atoms with Crippen molar-refractivity contribution < 1.29 is 9.59 Å². The maximum atomic E-state index is 13.2. The van der Waals surface area contributed by atoms with Crippen LogP contribution in [0.3, 0.4) is 0 Å². The van der Waals surface area contributed by atoms with Crippen LogP contribution in [0.15, 0.2) is 72.8 Å². The molecule has 158 valence electrons. The Bertz CT molecular complexity index is 1120. The van der Waals surface area contributed by atoms with Gasteiger partial charge < -0.3 is 15.8 Å². The van der Waals surface area contributed by atoms with Crippen LogP contribution in [-0.2, 0) is 15.0 Å². The predicted octanol–water partition coefficient (Wildman–Crippen LogP) is 5.10. The zero-order chi connectivity index (χ0) is 22.0. The zero-order valence-electron chi connectivity index (χ0n) is 16.7. The summed E-state index contributed by atoms with van der Waals surface area (Å²) in [6, 6.07) is 22.2. The molecule has 4 rings (SSSR count). The van der Waals surface area contributed by atoms with Crippen molar-refractivity contribution in [3.8, 4) is 0 Å². The van der Waals surface area contributed by atoms with Gasteiger partial charge in [0.1, 0.15) is 6.29 Å². The molecule has 1 fully saturated rings. The lowest BCUT2D eigenvalue weighted by Gasteiger charge is -2.42. The normalized spacial score (nSPS) is 23.6. The second kappa shape index (κ2) is 8.74. The van der Waals surface area contributed by atoms with Crippen LogP contribution in [0, 0.1) is 0 Å². The van der Waals surface area contributed by atoms with Crippen LogP contribution < -0.4 is 11.1 Å². The van der Waals surface area contributed by atoms with E-state index in [0.29, 0.717) is 21.3 Å². The third-order valence-electron chi connectivity index (χ3n) is 6.17. The van der Waals surface area contributed by atoms with Gasteiger partial charge in [0.25, 0.3) is 0 Å². The van der Waals surface area contributed by atoms with E-state index < -0.39 is 11.3 Å². The molecule has 4 nitrogen and oxygen atoms in total. The van der Waals surface area contributed by atoms with Gasteiger partial charge in [-0.1, -0.05) is 71.7 Å². The standard InChI is InChI=1S/C25H22Cl2N2O2/c26-18-8-4-7-17(11-18)22-14-29-24(31)13-21(16-5-2-1-3-6-16)25(22,15-30)20-10-9-19(27)12-23(20)28/h1-12,15,21-22H,13-14,28H2,(H,29,31)/t21-,22+,25+/m0/s1. The van der Waals surface area contributed by atoms with E-state index in [1.807, 2.05) is 48.5 Å². The van der Waals surface area contributed by atoms with E-state index in [2.05, 4.69) is 5.32 Å². The number of carbonyl (C=O) groups is 2. The Hall–Kier alpha value is -2.82. The fourth-order valence-electron chi connectivity index (χ4n) is 4.78. The largest absolute Gasteiger partial charge is 0.398 e. The van der Waals surface area contributed by atoms with E-state index in [1.165, 1.54) is 0 Å². The summed E-state index contributed by atoms with van der Waals surface area (Å²) < 4.78 is 0. The molecule has 6 heteroatoms. The zero-order valence-corrected chi connectivity index (χ0v) is 18.2. The van der Waals surface area contributed by atoms with Gasteiger partial charge in [-0.25, -0.2) is 0 Å². The Labute approximate surface area is 191 Å². The van der Waals surface area contributed by atoms with Gasteiger partial charge in [0, 0.05) is 40.5 Å². The first-order valence-electron chi connectivity index (χ1n) is 10.0. The number of carbonyl (C=O) groups excluding carboxylic acids is 2. The lowest BCUT2D eigenvalue weighted by atomic mass is 9.59. The number of hydrogen-bond acceptors (Lipinski definition) is 3. The number of nitrogens with two attached hydrogens (primary N) is 1. The first kappa shape index (κ1) is 21.4. The van der Waals surface area contributed by atoms with Gasteiger partial charge in [0.05, 0.1) is 5.41 Å². The predicted molar refractivity (Wildman–Crippen MR) is 125 cm³/mol. The van der Waals surface area contributed by atoms with Gasteiger partial charge in [-0.05, 0) is 41.0 Å². The third kappa shape index (κ3) is 3.93. The quantitative estimate of drug-likeness (QED) is 0.427. The molecule has 3 atom stereocenters. The van der Waals surface area contributed by atoms with Crippen LogP contribution in [0.5, 0.6) is 0 Å². The van der Waals surface area contributed by atoms with E-state index in [4.69, 9.17) is 28.9 Å². The van der Waals surface area contributed by atoms with Crippen LogP contribution >= 0.6 is 23.2 Å². The van der Waals surface area contributed by atoms with Gasteiger partial charge in [0.15, 0.2) is 0 Å². The number of rotatable bonds is 4. The summed E-state index contributed by atoms with van der Waals surface area (Å²) in [5, 5.41) is 4.04. The van der Waals surface area contributed by atoms with Crippen molar-refractivity contribution in [3.63, 3.8) is 0 Å². The minimum atomic E-state index is -1.11. The summed E-state index contributed by atoms with van der Waals surface area (Å²) in [5.41, 5.74) is 8.15. The van der Waals surface area contributed by atoms with Crippen LogP contribution in [-0.4, -0.2) is 18.7 Å². The van der Waals surface area contributed by atoms with Gasteiger partial charge in [-0.15, -0.1) is 0 Å². The van der Waals surface area contributed by atoms with Crippen LogP contribution in [0.4, 0.5) is 5.69 Å². The number of aldehydes is 1. The second-order valence-corrected chi connectivity index (χ2v) is 8.73. The molecular formula is C25H22Cl2N2O2. The average molecular weight is 453 g/mol. The fraction of sp³-hybridized carbons (Fsp3) is 0.200. The van der Waals surface area contributed by atoms with Gasteiger partial charge in [-0.2, -0.15) is 0 Å². The maximum absolute atomic E-state index is 13.2. The Morgan fingerprint density at radius 2 is 1.61 bits per heavy atom. The maximum Gasteiger partial charge on any atom is 0.220 e. The summed E-state index contributed by atoms with van der Waals surface area (Å²) in [6.45, 7) is 0.281. The Morgan fingerprint density at radius 1 is 0.903 bits per heavy atom. The fourth-order valence-corrected chi connectivity index (χ4v) is 5.16. The molecule has 0 spiro atoms. The molecule has 31 heavy (non-hydrogen) atoms. The molecule has 1 aliphatic rings. The Balaban J connectivity index is 2.04. The highest BCUT2D eigenvalue weighted by Crippen LogP contribution is 2.52. The number of hydrogen-bond donors (Lipinski definition) is 2. The topological polar surface area (TPSA) is 72.2 Å². The van der Waals surface area contributed by atoms with E-state index in [0.717, 1.165) is 17.4 Å².